The van der Waals surface area contributed by atoms with Gasteiger partial charge in [0.2, 0.25) is 17.4 Å². The largest absolute Gasteiger partial charge is 0.394 e. The summed E-state index contributed by atoms with van der Waals surface area (Å²) in [6.07, 6.45) is 7.74. The fraction of sp³-hybridized carbons (Fsp3) is 0.292. The SMILES string of the molecule is C=C1C=CC(c2noc([C@H]3C[C@@H]3F)n2)=CC1=NC(=O)c1c[nH]c2cc([C@H](C)OCCO)cc[n+]12. The van der Waals surface area contributed by atoms with Crippen molar-refractivity contribution in [1.29, 1.82) is 0 Å². The predicted octanol–water partition coefficient (Wildman–Crippen LogP) is 2.82. The number of amides is 1. The van der Waals surface area contributed by atoms with Crippen LogP contribution in [0.15, 0.2) is 64.4 Å². The third kappa shape index (κ3) is 4.25. The summed E-state index contributed by atoms with van der Waals surface area (Å²) in [7, 11) is 0. The second kappa shape index (κ2) is 8.88. The minimum absolute atomic E-state index is 0.0497. The fourth-order valence-corrected chi connectivity index (χ4v) is 3.69. The number of carbonyl (C=O) groups is 1. The number of carbonyl (C=O) groups excluding carboxylic acids is 1. The van der Waals surface area contributed by atoms with E-state index in [0.29, 0.717) is 40.4 Å². The van der Waals surface area contributed by atoms with Gasteiger partial charge in [-0.3, -0.25) is 4.79 Å². The van der Waals surface area contributed by atoms with E-state index in [0.717, 1.165) is 5.56 Å². The Kier molecular flexibility index (Phi) is 5.76. The molecule has 0 radical (unpaired) electrons. The molecule has 1 fully saturated rings. The van der Waals surface area contributed by atoms with Crippen LogP contribution in [0.25, 0.3) is 11.2 Å². The average Bonchev–Trinajstić information content (AvgIpc) is 3.23. The van der Waals surface area contributed by atoms with E-state index < -0.39 is 12.1 Å². The van der Waals surface area contributed by atoms with Crippen molar-refractivity contribution in [2.75, 3.05) is 13.2 Å². The molecule has 0 bridgehead atoms. The number of rotatable bonds is 7. The highest BCUT2D eigenvalue weighted by atomic mass is 19.1. The third-order valence-corrected chi connectivity index (χ3v) is 5.78. The quantitative estimate of drug-likeness (QED) is 0.519. The van der Waals surface area contributed by atoms with E-state index in [-0.39, 0.29) is 31.1 Å². The maximum Gasteiger partial charge on any atom is 0.321 e. The zero-order valence-electron chi connectivity index (χ0n) is 18.4. The molecule has 2 aliphatic carbocycles. The van der Waals surface area contributed by atoms with Gasteiger partial charge in [0, 0.05) is 11.6 Å². The number of aromatic nitrogens is 4. The number of allylic oxidation sites excluding steroid dienone is 5. The molecule has 174 valence electrons. The molecule has 10 heteroatoms. The number of aromatic amines is 1. The molecule has 0 aromatic carbocycles. The van der Waals surface area contributed by atoms with Crippen molar-refractivity contribution in [3.05, 3.63) is 77.9 Å². The van der Waals surface area contributed by atoms with Crippen molar-refractivity contribution >= 4 is 22.8 Å². The number of nitrogens with zero attached hydrogens (tertiary/aromatic N) is 4. The summed E-state index contributed by atoms with van der Waals surface area (Å²) in [6.45, 7) is 6.04. The van der Waals surface area contributed by atoms with Crippen LogP contribution in [-0.4, -0.2) is 51.2 Å². The number of imidazole rings is 1. The van der Waals surface area contributed by atoms with Crippen LogP contribution in [0, 0.1) is 0 Å². The Labute approximate surface area is 194 Å². The van der Waals surface area contributed by atoms with Crippen molar-refractivity contribution in [2.24, 2.45) is 4.99 Å². The molecule has 0 saturated heterocycles. The molecule has 0 spiro atoms. The Morgan fingerprint density at radius 3 is 3.09 bits per heavy atom. The van der Waals surface area contributed by atoms with Crippen molar-refractivity contribution in [2.45, 2.75) is 31.5 Å². The summed E-state index contributed by atoms with van der Waals surface area (Å²) in [5, 5.41) is 12.9. The van der Waals surface area contributed by atoms with Crippen LogP contribution in [0.4, 0.5) is 4.39 Å². The van der Waals surface area contributed by atoms with Gasteiger partial charge in [0.25, 0.3) is 5.65 Å². The lowest BCUT2D eigenvalue weighted by Crippen LogP contribution is -2.27. The van der Waals surface area contributed by atoms with Crippen LogP contribution in [0.3, 0.4) is 0 Å². The Hall–Kier alpha value is -3.76. The molecule has 34 heavy (non-hydrogen) atoms. The first-order chi connectivity index (χ1) is 16.4. The lowest BCUT2D eigenvalue weighted by atomic mass is 10.0. The van der Waals surface area contributed by atoms with Gasteiger partial charge in [0.15, 0.2) is 0 Å². The van der Waals surface area contributed by atoms with E-state index in [2.05, 4.69) is 26.7 Å². The fourth-order valence-electron chi connectivity index (χ4n) is 3.69. The van der Waals surface area contributed by atoms with Gasteiger partial charge in [0.05, 0.1) is 37.1 Å². The smallest absolute Gasteiger partial charge is 0.321 e. The third-order valence-electron chi connectivity index (χ3n) is 5.78. The summed E-state index contributed by atoms with van der Waals surface area (Å²) < 4.78 is 25.7. The van der Waals surface area contributed by atoms with E-state index >= 15 is 0 Å². The molecule has 1 amide bonds. The van der Waals surface area contributed by atoms with E-state index in [1.807, 2.05) is 19.1 Å². The number of pyridine rings is 1. The van der Waals surface area contributed by atoms with Crippen LogP contribution < -0.4 is 4.40 Å². The highest BCUT2D eigenvalue weighted by molar-refractivity contribution is 6.20. The highest BCUT2D eigenvalue weighted by Gasteiger charge is 2.43. The molecule has 5 rings (SSSR count). The van der Waals surface area contributed by atoms with Gasteiger partial charge in [-0.25, -0.2) is 14.4 Å². The van der Waals surface area contributed by atoms with Gasteiger partial charge in [-0.15, -0.1) is 0 Å². The number of hydrogen-bond donors (Lipinski definition) is 2. The zero-order chi connectivity index (χ0) is 23.8. The average molecular weight is 464 g/mol. The van der Waals surface area contributed by atoms with Crippen molar-refractivity contribution in [3.63, 3.8) is 0 Å². The van der Waals surface area contributed by atoms with Crippen LogP contribution in [0.5, 0.6) is 0 Å². The number of aliphatic hydroxyl groups is 1. The van der Waals surface area contributed by atoms with Crippen LogP contribution in [0.1, 0.15) is 53.1 Å². The minimum atomic E-state index is -0.931. The minimum Gasteiger partial charge on any atom is -0.394 e. The molecule has 2 N–H and O–H groups in total. The summed E-state index contributed by atoms with van der Waals surface area (Å²) in [4.78, 5) is 24.6. The Morgan fingerprint density at radius 1 is 1.50 bits per heavy atom. The molecule has 3 atom stereocenters. The van der Waals surface area contributed by atoms with E-state index in [4.69, 9.17) is 14.4 Å². The molecular weight excluding hydrogens is 441 g/mol. The predicted molar refractivity (Wildman–Crippen MR) is 120 cm³/mol. The van der Waals surface area contributed by atoms with E-state index in [9.17, 15) is 9.18 Å². The first-order valence-corrected chi connectivity index (χ1v) is 10.9. The molecule has 3 heterocycles. The second-order valence-electron chi connectivity index (χ2n) is 8.20. The molecule has 0 aliphatic heterocycles. The molecule has 3 aromatic heterocycles. The standard InChI is InChI=1S/C24H22FN5O4/c1-13-3-4-16(22-28-24(34-29-22)17-11-18(17)25)9-19(13)27-23(32)20-12-26-21-10-15(5-6-30(20)21)14(2)33-8-7-31/h3-6,9-10,12,14,17-18,31H,1,7-8,11H2,2H3/p+1/t14-,17-,18-/m0/s1. The molecular formula is C24H23FN5O4+. The van der Waals surface area contributed by atoms with Crippen LogP contribution >= 0.6 is 0 Å². The summed E-state index contributed by atoms with van der Waals surface area (Å²) in [6, 6.07) is 3.73. The Morgan fingerprint density at radius 2 is 2.32 bits per heavy atom. The highest BCUT2D eigenvalue weighted by Crippen LogP contribution is 2.42. The van der Waals surface area contributed by atoms with E-state index in [1.165, 1.54) is 0 Å². The Bertz CT molecular complexity index is 1370. The number of aliphatic imine (C=N–C) groups is 1. The number of halogens is 1. The lowest BCUT2D eigenvalue weighted by molar-refractivity contribution is -0.512. The number of H-pyrrole nitrogens is 1. The second-order valence-corrected chi connectivity index (χ2v) is 8.20. The summed E-state index contributed by atoms with van der Waals surface area (Å²) >= 11 is 0. The van der Waals surface area contributed by atoms with Crippen LogP contribution in [-0.2, 0) is 4.74 Å². The van der Waals surface area contributed by atoms with Gasteiger partial charge in [-0.1, -0.05) is 23.9 Å². The van der Waals surface area contributed by atoms with Crippen LogP contribution in [0.2, 0.25) is 0 Å². The maximum absolute atomic E-state index is 13.3. The van der Waals surface area contributed by atoms with Gasteiger partial charge in [-0.05, 0) is 36.6 Å². The number of aliphatic hydroxyl groups excluding tert-OH is 1. The van der Waals surface area contributed by atoms with Crippen molar-refractivity contribution in [1.82, 2.24) is 15.1 Å². The molecule has 9 nitrogen and oxygen atoms in total. The molecule has 2 aliphatic rings. The number of ether oxygens (including phenoxy) is 1. The number of fused-ring (bicyclic) bond motifs is 1. The normalized spacial score (nSPS) is 21.8. The maximum atomic E-state index is 13.3. The number of nitrogens with one attached hydrogen (secondary N) is 1. The van der Waals surface area contributed by atoms with Crippen molar-refractivity contribution in [3.8, 4) is 0 Å². The number of hydrogen-bond acceptors (Lipinski definition) is 6. The molecule has 0 unspecified atom stereocenters. The molecule has 3 aromatic rings. The van der Waals surface area contributed by atoms with Gasteiger partial charge in [0.1, 0.15) is 12.4 Å². The van der Waals surface area contributed by atoms with Gasteiger partial charge in [-0.2, -0.15) is 9.38 Å². The topological polar surface area (TPSA) is 118 Å². The first-order valence-electron chi connectivity index (χ1n) is 10.9. The number of alkyl halides is 1. The Balaban J connectivity index is 1.39. The van der Waals surface area contributed by atoms with E-state index in [1.54, 1.807) is 35.0 Å². The van der Waals surface area contributed by atoms with Gasteiger partial charge < -0.3 is 14.4 Å². The lowest BCUT2D eigenvalue weighted by Gasteiger charge is -2.11. The zero-order valence-corrected chi connectivity index (χ0v) is 18.4. The summed E-state index contributed by atoms with van der Waals surface area (Å²) in [5.74, 6) is -0.198. The molecule has 1 saturated carbocycles. The first kappa shape index (κ1) is 22.1. The van der Waals surface area contributed by atoms with Gasteiger partial charge >= 0.3 is 5.91 Å². The summed E-state index contributed by atoms with van der Waals surface area (Å²) in [5.41, 5.74) is 3.49. The monoisotopic (exact) mass is 464 g/mol. The van der Waals surface area contributed by atoms with Crippen molar-refractivity contribution < 1.29 is 28.0 Å².